The van der Waals surface area contributed by atoms with Gasteiger partial charge >= 0.3 is 0 Å². The molecule has 0 aromatic heterocycles. The second kappa shape index (κ2) is 5.06. The molecule has 1 saturated carbocycles. The Balaban J connectivity index is 2.64. The maximum atomic E-state index is 12.1. The zero-order valence-electron chi connectivity index (χ0n) is 9.25. The Hall–Kier alpha value is -0.180. The highest BCUT2D eigenvalue weighted by atomic mass is 32.1. The summed E-state index contributed by atoms with van der Waals surface area (Å²) in [6.45, 7) is 5.66. The summed E-state index contributed by atoms with van der Waals surface area (Å²) in [5, 5.41) is 0. The van der Waals surface area contributed by atoms with Crippen molar-refractivity contribution in [1.82, 2.24) is 4.90 Å². The third kappa shape index (κ3) is 2.44. The van der Waals surface area contributed by atoms with Crippen molar-refractivity contribution >= 4 is 18.5 Å². The minimum absolute atomic E-state index is 0.241. The number of amides is 1. The first-order chi connectivity index (χ1) is 6.64. The Kier molecular flexibility index (Phi) is 4.30. The monoisotopic (exact) mass is 215 g/mol. The van der Waals surface area contributed by atoms with Gasteiger partial charge in [-0.3, -0.25) is 4.79 Å². The van der Waals surface area contributed by atoms with Gasteiger partial charge in [-0.2, -0.15) is 12.6 Å². The fourth-order valence-electron chi connectivity index (χ4n) is 2.16. The molecule has 0 spiro atoms. The molecule has 0 bridgehead atoms. The summed E-state index contributed by atoms with van der Waals surface area (Å²) in [7, 11) is 0. The van der Waals surface area contributed by atoms with Gasteiger partial charge in [0.05, 0.1) is 4.75 Å². The average Bonchev–Trinajstić information content (AvgIpc) is 2.20. The average molecular weight is 215 g/mol. The molecule has 0 atom stereocenters. The van der Waals surface area contributed by atoms with Crippen LogP contribution in [0.4, 0.5) is 0 Å². The summed E-state index contributed by atoms with van der Waals surface area (Å²) < 4.78 is -0.357. The molecule has 1 aliphatic carbocycles. The van der Waals surface area contributed by atoms with Gasteiger partial charge in [0, 0.05) is 13.1 Å². The van der Waals surface area contributed by atoms with Crippen LogP contribution in [0.2, 0.25) is 0 Å². The summed E-state index contributed by atoms with van der Waals surface area (Å²) in [5.74, 6) is 0.241. The van der Waals surface area contributed by atoms with Gasteiger partial charge in [-0.25, -0.2) is 0 Å². The second-order valence-corrected chi connectivity index (χ2v) is 4.93. The van der Waals surface area contributed by atoms with E-state index >= 15 is 0 Å². The molecule has 1 aliphatic rings. The quantitative estimate of drug-likeness (QED) is 0.717. The van der Waals surface area contributed by atoms with Crippen LogP contribution < -0.4 is 0 Å². The highest BCUT2D eigenvalue weighted by Crippen LogP contribution is 2.35. The number of rotatable bonds is 3. The standard InChI is InChI=1S/C11H21NOS/c1-3-12(4-2)10(13)11(14)8-6-5-7-9-11/h14H,3-9H2,1-2H3. The highest BCUT2D eigenvalue weighted by molar-refractivity contribution is 7.82. The van der Waals surface area contributed by atoms with Crippen molar-refractivity contribution in [1.29, 1.82) is 0 Å². The molecule has 82 valence electrons. The molecule has 2 nitrogen and oxygen atoms in total. The van der Waals surface area contributed by atoms with Gasteiger partial charge in [0.2, 0.25) is 5.91 Å². The molecular weight excluding hydrogens is 194 g/mol. The highest BCUT2D eigenvalue weighted by Gasteiger charge is 2.37. The lowest BCUT2D eigenvalue weighted by Crippen LogP contribution is -2.46. The first-order valence-corrected chi connectivity index (χ1v) is 6.10. The van der Waals surface area contributed by atoms with Gasteiger partial charge in [-0.15, -0.1) is 0 Å². The Morgan fingerprint density at radius 3 is 2.14 bits per heavy atom. The fourth-order valence-corrected chi connectivity index (χ4v) is 2.61. The number of carbonyl (C=O) groups is 1. The van der Waals surface area contributed by atoms with E-state index in [4.69, 9.17) is 0 Å². The zero-order valence-corrected chi connectivity index (χ0v) is 10.1. The maximum Gasteiger partial charge on any atom is 0.238 e. The van der Waals surface area contributed by atoms with E-state index in [2.05, 4.69) is 12.6 Å². The normalized spacial score (nSPS) is 20.5. The summed E-state index contributed by atoms with van der Waals surface area (Å²) in [6, 6.07) is 0. The minimum atomic E-state index is -0.357. The van der Waals surface area contributed by atoms with Crippen LogP contribution >= 0.6 is 12.6 Å². The topological polar surface area (TPSA) is 20.3 Å². The lowest BCUT2D eigenvalue weighted by Gasteiger charge is -2.35. The second-order valence-electron chi connectivity index (χ2n) is 4.07. The molecular formula is C11H21NOS. The molecule has 0 heterocycles. The van der Waals surface area contributed by atoms with Crippen LogP contribution in [0, 0.1) is 0 Å². The van der Waals surface area contributed by atoms with Crippen LogP contribution in [0.3, 0.4) is 0 Å². The van der Waals surface area contributed by atoms with Crippen LogP contribution in [-0.2, 0) is 4.79 Å². The zero-order chi connectivity index (χ0) is 10.6. The van der Waals surface area contributed by atoms with Crippen LogP contribution in [0.1, 0.15) is 46.0 Å². The van der Waals surface area contributed by atoms with E-state index < -0.39 is 0 Å². The molecule has 0 saturated heterocycles. The SMILES string of the molecule is CCN(CC)C(=O)C1(S)CCCCC1. The number of carbonyl (C=O) groups excluding carboxylic acids is 1. The smallest absolute Gasteiger partial charge is 0.238 e. The van der Waals surface area contributed by atoms with Crippen molar-refractivity contribution in [2.45, 2.75) is 50.7 Å². The molecule has 14 heavy (non-hydrogen) atoms. The van der Waals surface area contributed by atoms with Gasteiger partial charge in [0.25, 0.3) is 0 Å². The molecule has 1 amide bonds. The van der Waals surface area contributed by atoms with Crippen molar-refractivity contribution in [3.8, 4) is 0 Å². The van der Waals surface area contributed by atoms with E-state index in [1.807, 2.05) is 18.7 Å². The Labute approximate surface area is 92.5 Å². The van der Waals surface area contributed by atoms with Gasteiger partial charge < -0.3 is 4.90 Å². The van der Waals surface area contributed by atoms with Crippen LogP contribution in [0.5, 0.6) is 0 Å². The molecule has 3 heteroatoms. The third-order valence-corrected chi connectivity index (χ3v) is 3.77. The summed E-state index contributed by atoms with van der Waals surface area (Å²) in [6.07, 6.45) is 5.46. The number of hydrogen-bond donors (Lipinski definition) is 1. The molecule has 0 N–H and O–H groups in total. The van der Waals surface area contributed by atoms with Gasteiger partial charge in [0.15, 0.2) is 0 Å². The molecule has 0 aromatic carbocycles. The van der Waals surface area contributed by atoms with E-state index in [-0.39, 0.29) is 10.7 Å². The summed E-state index contributed by atoms with van der Waals surface area (Å²) in [4.78, 5) is 14.0. The number of hydrogen-bond acceptors (Lipinski definition) is 2. The van der Waals surface area contributed by atoms with E-state index in [0.717, 1.165) is 38.8 Å². The van der Waals surface area contributed by atoms with Crippen LogP contribution in [-0.4, -0.2) is 28.6 Å². The fraction of sp³-hybridized carbons (Fsp3) is 0.909. The largest absolute Gasteiger partial charge is 0.342 e. The molecule has 1 fully saturated rings. The Bertz CT molecular complexity index is 195. The van der Waals surface area contributed by atoms with Crippen molar-refractivity contribution in [3.05, 3.63) is 0 Å². The lowest BCUT2D eigenvalue weighted by molar-refractivity contribution is -0.134. The third-order valence-electron chi connectivity index (χ3n) is 3.13. The summed E-state index contributed by atoms with van der Waals surface area (Å²) in [5.41, 5.74) is 0. The molecule has 1 rings (SSSR count). The lowest BCUT2D eigenvalue weighted by atomic mass is 9.87. The summed E-state index contributed by atoms with van der Waals surface area (Å²) >= 11 is 4.60. The van der Waals surface area contributed by atoms with E-state index in [1.165, 1.54) is 6.42 Å². The predicted octanol–water partition coefficient (Wildman–Crippen LogP) is 2.49. The minimum Gasteiger partial charge on any atom is -0.342 e. The van der Waals surface area contributed by atoms with Gasteiger partial charge in [-0.05, 0) is 26.7 Å². The number of thiol groups is 1. The first-order valence-electron chi connectivity index (χ1n) is 5.66. The first kappa shape index (κ1) is 11.9. The molecule has 0 unspecified atom stereocenters. The predicted molar refractivity (Wildman–Crippen MR) is 62.7 cm³/mol. The van der Waals surface area contributed by atoms with Gasteiger partial charge in [-0.1, -0.05) is 19.3 Å². The molecule has 0 radical (unpaired) electrons. The Morgan fingerprint density at radius 2 is 1.71 bits per heavy atom. The van der Waals surface area contributed by atoms with Crippen molar-refractivity contribution in [2.75, 3.05) is 13.1 Å². The van der Waals surface area contributed by atoms with E-state index in [0.29, 0.717) is 0 Å². The van der Waals surface area contributed by atoms with Crippen LogP contribution in [0.25, 0.3) is 0 Å². The van der Waals surface area contributed by atoms with E-state index in [9.17, 15) is 4.79 Å². The number of nitrogens with zero attached hydrogens (tertiary/aromatic N) is 1. The van der Waals surface area contributed by atoms with Crippen molar-refractivity contribution in [3.63, 3.8) is 0 Å². The molecule has 0 aliphatic heterocycles. The Morgan fingerprint density at radius 1 is 1.21 bits per heavy atom. The van der Waals surface area contributed by atoms with Crippen molar-refractivity contribution in [2.24, 2.45) is 0 Å². The van der Waals surface area contributed by atoms with E-state index in [1.54, 1.807) is 0 Å². The maximum absolute atomic E-state index is 12.1. The molecule has 0 aromatic rings. The van der Waals surface area contributed by atoms with Gasteiger partial charge in [0.1, 0.15) is 0 Å². The van der Waals surface area contributed by atoms with Crippen LogP contribution in [0.15, 0.2) is 0 Å². The van der Waals surface area contributed by atoms with Crippen molar-refractivity contribution < 1.29 is 4.79 Å².